The number of rotatable bonds is 10. The smallest absolute Gasteiger partial charge is 0.355 e. The van der Waals surface area contributed by atoms with E-state index in [0.29, 0.717) is 21.7 Å². The van der Waals surface area contributed by atoms with Crippen LogP contribution in [0.1, 0.15) is 49.4 Å². The molecule has 2 N–H and O–H groups in total. The van der Waals surface area contributed by atoms with Crippen molar-refractivity contribution in [3.63, 3.8) is 0 Å². The molecule has 0 spiro atoms. The average Bonchev–Trinajstić information content (AvgIpc) is 3.31. The van der Waals surface area contributed by atoms with Gasteiger partial charge in [-0.2, -0.15) is 0 Å². The standard InChI is InChI=1S/C29H31ClN4O7S/c1-16(2)25(29(37)40-15-19-11-7-6-8-12-19)34-27(36)24(28(34)42(38,39)33-17(3)4)31-26(35)22-18(5)41-32-23(22)20-13-9-10-14-21(20)30/h6-14,17,24,28,33H,15H2,1-5H3,(H,31,35)/t24-,28-/m1/s1. The number of nitrogens with zero attached hydrogens (tertiary/aromatic N) is 2. The van der Waals surface area contributed by atoms with Gasteiger partial charge < -0.3 is 14.6 Å². The molecule has 0 unspecified atom stereocenters. The number of allylic oxidation sites excluding steroid dienone is 1. The number of benzene rings is 2. The highest BCUT2D eigenvalue weighted by Crippen LogP contribution is 2.34. The minimum absolute atomic E-state index is 0.00738. The third kappa shape index (κ3) is 6.25. The summed E-state index contributed by atoms with van der Waals surface area (Å²) in [6, 6.07) is 13.5. The van der Waals surface area contributed by atoms with Gasteiger partial charge in [-0.15, -0.1) is 0 Å². The number of esters is 1. The lowest BCUT2D eigenvalue weighted by molar-refractivity contribution is -0.152. The molecule has 2 heterocycles. The molecule has 1 aliphatic rings. The summed E-state index contributed by atoms with van der Waals surface area (Å²) in [6.45, 7) is 7.78. The summed E-state index contributed by atoms with van der Waals surface area (Å²) >= 11 is 6.31. The number of likely N-dealkylation sites (tertiary alicyclic amines) is 1. The average molecular weight is 615 g/mol. The van der Waals surface area contributed by atoms with Gasteiger partial charge in [-0.3, -0.25) is 14.5 Å². The molecule has 1 aliphatic heterocycles. The Bertz CT molecular complexity index is 1650. The molecule has 2 aromatic carbocycles. The van der Waals surface area contributed by atoms with Crippen molar-refractivity contribution in [1.29, 1.82) is 0 Å². The monoisotopic (exact) mass is 614 g/mol. The van der Waals surface area contributed by atoms with E-state index in [1.807, 2.05) is 6.07 Å². The summed E-state index contributed by atoms with van der Waals surface area (Å²) in [5.74, 6) is -2.33. The Balaban J connectivity index is 1.66. The second kappa shape index (κ2) is 12.5. The molecule has 222 valence electrons. The van der Waals surface area contributed by atoms with E-state index in [0.717, 1.165) is 4.90 Å². The molecule has 1 fully saturated rings. The number of sulfonamides is 1. The predicted octanol–water partition coefficient (Wildman–Crippen LogP) is 3.94. The Morgan fingerprint density at radius 1 is 1.10 bits per heavy atom. The Morgan fingerprint density at radius 2 is 1.74 bits per heavy atom. The maximum Gasteiger partial charge on any atom is 0.355 e. The Kier molecular flexibility index (Phi) is 9.19. The molecule has 3 aromatic rings. The topological polar surface area (TPSA) is 148 Å². The maximum absolute atomic E-state index is 13.5. The van der Waals surface area contributed by atoms with Gasteiger partial charge in [-0.25, -0.2) is 17.9 Å². The van der Waals surface area contributed by atoms with Crippen LogP contribution < -0.4 is 10.0 Å². The van der Waals surface area contributed by atoms with E-state index < -0.39 is 45.3 Å². The van der Waals surface area contributed by atoms with Crippen molar-refractivity contribution in [2.24, 2.45) is 0 Å². The van der Waals surface area contributed by atoms with Gasteiger partial charge in [0, 0.05) is 11.6 Å². The quantitative estimate of drug-likeness (QED) is 0.198. The normalized spacial score (nSPS) is 16.6. The molecule has 42 heavy (non-hydrogen) atoms. The van der Waals surface area contributed by atoms with Crippen LogP contribution in [0.3, 0.4) is 0 Å². The van der Waals surface area contributed by atoms with Gasteiger partial charge in [0.1, 0.15) is 35.4 Å². The van der Waals surface area contributed by atoms with Gasteiger partial charge in [-0.1, -0.05) is 65.3 Å². The molecule has 11 nitrogen and oxygen atoms in total. The van der Waals surface area contributed by atoms with Gasteiger partial charge in [0.2, 0.25) is 10.0 Å². The van der Waals surface area contributed by atoms with Crippen molar-refractivity contribution in [1.82, 2.24) is 20.1 Å². The number of halogens is 1. The Hall–Kier alpha value is -4.00. The van der Waals surface area contributed by atoms with Gasteiger partial charge in [-0.05, 0) is 51.8 Å². The van der Waals surface area contributed by atoms with Crippen molar-refractivity contribution >= 4 is 39.4 Å². The van der Waals surface area contributed by atoms with E-state index in [1.54, 1.807) is 76.2 Å². The molecular formula is C29H31ClN4O7S. The highest BCUT2D eigenvalue weighted by Gasteiger charge is 2.58. The van der Waals surface area contributed by atoms with E-state index >= 15 is 0 Å². The number of aromatic nitrogens is 1. The van der Waals surface area contributed by atoms with E-state index in [-0.39, 0.29) is 29.3 Å². The number of aryl methyl sites for hydroxylation is 1. The summed E-state index contributed by atoms with van der Waals surface area (Å²) in [5, 5.41) is 5.16. The number of carbonyl (C=O) groups is 3. The second-order valence-corrected chi connectivity index (χ2v) is 12.4. The van der Waals surface area contributed by atoms with Crippen molar-refractivity contribution in [3.05, 3.63) is 87.8 Å². The minimum atomic E-state index is -4.29. The van der Waals surface area contributed by atoms with E-state index in [2.05, 4.69) is 15.2 Å². The molecule has 4 rings (SSSR count). The number of hydrogen-bond acceptors (Lipinski definition) is 8. The van der Waals surface area contributed by atoms with Crippen LogP contribution in [0, 0.1) is 6.92 Å². The van der Waals surface area contributed by atoms with Crippen LogP contribution in [0.5, 0.6) is 0 Å². The lowest BCUT2D eigenvalue weighted by atomic mass is 10.0. The van der Waals surface area contributed by atoms with Crippen molar-refractivity contribution in [2.75, 3.05) is 0 Å². The summed E-state index contributed by atoms with van der Waals surface area (Å²) in [4.78, 5) is 41.2. The molecule has 13 heteroatoms. The highest BCUT2D eigenvalue weighted by molar-refractivity contribution is 7.90. The second-order valence-electron chi connectivity index (χ2n) is 10.2. The SMILES string of the molecule is CC(C)=C(C(=O)OCc1ccccc1)N1C(=O)[C@@H](NC(=O)c2c(-c3ccccc3Cl)noc2C)[C@H]1S(=O)(=O)NC(C)C. The minimum Gasteiger partial charge on any atom is -0.456 e. The first-order valence-electron chi connectivity index (χ1n) is 13.1. The fourth-order valence-corrected chi connectivity index (χ4v) is 6.63. The summed E-state index contributed by atoms with van der Waals surface area (Å²) in [6.07, 6.45) is 0. The van der Waals surface area contributed by atoms with Crippen LogP contribution in [-0.2, 0) is 31.0 Å². The summed E-state index contributed by atoms with van der Waals surface area (Å²) < 4.78 is 40.2. The molecule has 0 saturated carbocycles. The number of ether oxygens (including phenoxy) is 1. The molecule has 1 aromatic heterocycles. The van der Waals surface area contributed by atoms with E-state index in [4.69, 9.17) is 20.9 Å². The van der Waals surface area contributed by atoms with Crippen LogP contribution in [0.15, 0.2) is 70.4 Å². The predicted molar refractivity (Wildman–Crippen MR) is 155 cm³/mol. The lowest BCUT2D eigenvalue weighted by Gasteiger charge is -2.46. The van der Waals surface area contributed by atoms with E-state index in [1.165, 1.54) is 6.92 Å². The van der Waals surface area contributed by atoms with Crippen LogP contribution in [-0.4, -0.2) is 53.7 Å². The zero-order valence-electron chi connectivity index (χ0n) is 23.7. The zero-order valence-corrected chi connectivity index (χ0v) is 25.2. The molecule has 0 aliphatic carbocycles. The fraction of sp³-hybridized carbons (Fsp3) is 0.310. The summed E-state index contributed by atoms with van der Waals surface area (Å²) in [5.41, 5.74) is 1.38. The van der Waals surface area contributed by atoms with Gasteiger partial charge >= 0.3 is 5.97 Å². The van der Waals surface area contributed by atoms with Crippen molar-refractivity contribution < 1.29 is 32.1 Å². The van der Waals surface area contributed by atoms with E-state index in [9.17, 15) is 22.8 Å². The Morgan fingerprint density at radius 3 is 2.36 bits per heavy atom. The van der Waals surface area contributed by atoms with Crippen LogP contribution >= 0.6 is 11.6 Å². The number of β-lactam (4-membered cyclic amide) rings is 1. The summed E-state index contributed by atoms with van der Waals surface area (Å²) in [7, 11) is -4.29. The molecule has 2 atom stereocenters. The van der Waals surface area contributed by atoms with Crippen LogP contribution in [0.25, 0.3) is 11.3 Å². The molecule has 2 amide bonds. The van der Waals surface area contributed by atoms with Crippen molar-refractivity contribution in [3.8, 4) is 11.3 Å². The third-order valence-electron chi connectivity index (χ3n) is 6.39. The number of nitrogens with one attached hydrogen (secondary N) is 2. The fourth-order valence-electron chi connectivity index (χ4n) is 4.58. The first kappa shape index (κ1) is 30.9. The molecule has 0 radical (unpaired) electrons. The number of carbonyl (C=O) groups excluding carboxylic acids is 3. The highest BCUT2D eigenvalue weighted by atomic mass is 35.5. The first-order valence-corrected chi connectivity index (χ1v) is 15.0. The first-order chi connectivity index (χ1) is 19.8. The van der Waals surface area contributed by atoms with Crippen LogP contribution in [0.4, 0.5) is 0 Å². The van der Waals surface area contributed by atoms with Gasteiger partial charge in [0.05, 0.1) is 5.02 Å². The largest absolute Gasteiger partial charge is 0.456 e. The van der Waals surface area contributed by atoms with Crippen LogP contribution in [0.2, 0.25) is 5.02 Å². The van der Waals surface area contributed by atoms with Gasteiger partial charge in [0.15, 0.2) is 5.37 Å². The number of amides is 2. The van der Waals surface area contributed by atoms with Crippen molar-refractivity contribution in [2.45, 2.75) is 58.7 Å². The molecular weight excluding hydrogens is 584 g/mol. The zero-order chi connectivity index (χ0) is 30.8. The lowest BCUT2D eigenvalue weighted by Crippen LogP contribution is -2.74. The maximum atomic E-state index is 13.5. The third-order valence-corrected chi connectivity index (χ3v) is 8.64. The number of hydrogen-bond donors (Lipinski definition) is 2. The van der Waals surface area contributed by atoms with Gasteiger partial charge in [0.25, 0.3) is 11.8 Å². The molecule has 1 saturated heterocycles. The molecule has 0 bridgehead atoms. The Labute approximate surface area is 248 Å².